The molecule has 0 fully saturated rings. The first-order chi connectivity index (χ1) is 14.3. The van der Waals surface area contributed by atoms with Gasteiger partial charge in [-0.3, -0.25) is 0 Å². The summed E-state index contributed by atoms with van der Waals surface area (Å²) in [5, 5.41) is 0. The van der Waals surface area contributed by atoms with E-state index >= 15 is 0 Å². The molecular formula is C28H29BrSb. The standard InChI is InChI=1S/4C7H7.BrH.Sb/c4*1-7-5-3-2-4-6-7;;/h4*2-6H,1H2;1H;. The van der Waals surface area contributed by atoms with E-state index in [9.17, 15) is 0 Å². The maximum absolute atomic E-state index is 2.58. The van der Waals surface area contributed by atoms with Gasteiger partial charge in [0.25, 0.3) is 0 Å². The zero-order valence-electron chi connectivity index (χ0n) is 17.2. The van der Waals surface area contributed by atoms with E-state index in [2.05, 4.69) is 121 Å². The molecule has 0 nitrogen and oxygen atoms in total. The Hall–Kier alpha value is -1.82. The normalized spacial score (nSPS) is 10.9. The summed E-state index contributed by atoms with van der Waals surface area (Å²) < 4.78 is 5.05. The van der Waals surface area contributed by atoms with Crippen molar-refractivity contribution < 1.29 is 0 Å². The summed E-state index contributed by atoms with van der Waals surface area (Å²) in [5.41, 5.74) is 6.00. The molecule has 2 heteroatoms. The van der Waals surface area contributed by atoms with Crippen LogP contribution in [0.3, 0.4) is 0 Å². The van der Waals surface area contributed by atoms with Gasteiger partial charge in [-0.15, -0.1) is 17.0 Å². The van der Waals surface area contributed by atoms with Crippen LogP contribution in [0.4, 0.5) is 0 Å². The molecule has 0 spiro atoms. The Balaban J connectivity index is 0.00000256. The second kappa shape index (κ2) is 11.5. The van der Waals surface area contributed by atoms with Gasteiger partial charge in [-0.05, 0) is 0 Å². The van der Waals surface area contributed by atoms with Crippen LogP contribution in [0.25, 0.3) is 0 Å². The summed E-state index contributed by atoms with van der Waals surface area (Å²) in [5.74, 6) is 0. The van der Waals surface area contributed by atoms with Crippen molar-refractivity contribution in [2.24, 2.45) is 0 Å². The Morgan fingerprint density at radius 2 is 0.533 bits per heavy atom. The average molecular weight is 567 g/mol. The van der Waals surface area contributed by atoms with Gasteiger partial charge >= 0.3 is 180 Å². The first kappa shape index (κ1) is 22.9. The number of halogens is 1. The Morgan fingerprint density at radius 1 is 0.333 bits per heavy atom. The van der Waals surface area contributed by atoms with Crippen LogP contribution in [0.2, 0.25) is 0 Å². The molecule has 0 bridgehead atoms. The molecule has 0 aromatic heterocycles. The van der Waals surface area contributed by atoms with E-state index in [1.807, 2.05) is 0 Å². The molecule has 0 saturated heterocycles. The molecule has 0 aliphatic rings. The van der Waals surface area contributed by atoms with E-state index < -0.39 is 18.8 Å². The topological polar surface area (TPSA) is 0 Å². The molecular weight excluding hydrogens is 538 g/mol. The molecule has 0 aliphatic heterocycles. The van der Waals surface area contributed by atoms with Gasteiger partial charge in [0.15, 0.2) is 0 Å². The van der Waals surface area contributed by atoms with Crippen molar-refractivity contribution in [3.05, 3.63) is 144 Å². The van der Waals surface area contributed by atoms with Crippen molar-refractivity contribution >= 4 is 35.8 Å². The van der Waals surface area contributed by atoms with Gasteiger partial charge in [0.1, 0.15) is 0 Å². The number of hydrogen-bond donors (Lipinski definition) is 0. The van der Waals surface area contributed by atoms with Gasteiger partial charge < -0.3 is 0 Å². The van der Waals surface area contributed by atoms with Crippen LogP contribution in [0.1, 0.15) is 22.3 Å². The second-order valence-corrected chi connectivity index (χ2v) is 19.2. The van der Waals surface area contributed by atoms with Gasteiger partial charge in [0.2, 0.25) is 0 Å². The summed E-state index contributed by atoms with van der Waals surface area (Å²) in [6.07, 6.45) is 0. The van der Waals surface area contributed by atoms with Crippen LogP contribution in [-0.2, 0) is 17.5 Å². The molecule has 153 valence electrons. The summed E-state index contributed by atoms with van der Waals surface area (Å²) in [6, 6.07) is 44.6. The minimum atomic E-state index is -2.58. The van der Waals surface area contributed by atoms with E-state index in [-0.39, 0.29) is 17.0 Å². The van der Waals surface area contributed by atoms with Crippen molar-refractivity contribution in [3.63, 3.8) is 0 Å². The molecule has 0 amide bonds. The fourth-order valence-electron chi connectivity index (χ4n) is 4.22. The molecule has 0 unspecified atom stereocenters. The molecule has 0 N–H and O–H groups in total. The van der Waals surface area contributed by atoms with Gasteiger partial charge in [0, 0.05) is 0 Å². The Morgan fingerprint density at radius 3 is 0.733 bits per heavy atom. The molecule has 1 radical (unpaired) electrons. The van der Waals surface area contributed by atoms with Crippen molar-refractivity contribution in [1.82, 2.24) is 0 Å². The molecule has 0 saturated carbocycles. The van der Waals surface area contributed by atoms with Gasteiger partial charge in [-0.1, -0.05) is 0 Å². The van der Waals surface area contributed by atoms with Gasteiger partial charge in [-0.2, -0.15) is 0 Å². The third kappa shape index (κ3) is 6.59. The summed E-state index contributed by atoms with van der Waals surface area (Å²) in [4.78, 5) is 0. The quantitative estimate of drug-likeness (QED) is 0.199. The van der Waals surface area contributed by atoms with E-state index in [1.165, 1.54) is 39.7 Å². The molecule has 4 aromatic carbocycles. The number of benzene rings is 4. The minimum absolute atomic E-state index is 0. The maximum atomic E-state index is 2.32. The molecule has 0 aliphatic carbocycles. The predicted molar refractivity (Wildman–Crippen MR) is 137 cm³/mol. The van der Waals surface area contributed by atoms with Crippen molar-refractivity contribution in [2.75, 3.05) is 0 Å². The second-order valence-electron chi connectivity index (χ2n) is 7.92. The monoisotopic (exact) mass is 565 g/mol. The molecule has 30 heavy (non-hydrogen) atoms. The van der Waals surface area contributed by atoms with Crippen LogP contribution in [-0.4, -0.2) is 18.8 Å². The average Bonchev–Trinajstić information content (AvgIpc) is 2.76. The Labute approximate surface area is 195 Å². The van der Waals surface area contributed by atoms with E-state index in [0.29, 0.717) is 0 Å². The van der Waals surface area contributed by atoms with Crippen LogP contribution in [0, 0.1) is 0 Å². The van der Waals surface area contributed by atoms with Crippen molar-refractivity contribution in [1.29, 1.82) is 0 Å². The zero-order chi connectivity index (χ0) is 19.8. The molecule has 4 aromatic rings. The first-order valence-corrected chi connectivity index (χ1v) is 17.5. The van der Waals surface area contributed by atoms with Crippen LogP contribution in [0.15, 0.2) is 121 Å². The molecule has 4 rings (SSSR count). The Bertz CT molecular complexity index is 814. The van der Waals surface area contributed by atoms with E-state index in [0.717, 1.165) is 0 Å². The Kier molecular flexibility index (Phi) is 8.79. The zero-order valence-corrected chi connectivity index (χ0v) is 21.5. The van der Waals surface area contributed by atoms with E-state index in [1.54, 1.807) is 0 Å². The summed E-state index contributed by atoms with van der Waals surface area (Å²) in [6.45, 7) is 0. The fraction of sp³-hybridized carbons (Fsp3) is 0.143. The van der Waals surface area contributed by atoms with Crippen LogP contribution < -0.4 is 0 Å². The third-order valence-corrected chi connectivity index (χ3v) is 17.3. The first-order valence-electron chi connectivity index (χ1n) is 10.3. The van der Waals surface area contributed by atoms with Crippen molar-refractivity contribution in [3.8, 4) is 0 Å². The van der Waals surface area contributed by atoms with Crippen molar-refractivity contribution in [2.45, 2.75) is 17.5 Å². The molecule has 0 atom stereocenters. The fourth-order valence-corrected chi connectivity index (χ4v) is 17.4. The molecule has 0 heterocycles. The number of hydrogen-bond acceptors (Lipinski definition) is 0. The summed E-state index contributed by atoms with van der Waals surface area (Å²) in [7, 11) is 0. The predicted octanol–water partition coefficient (Wildman–Crippen LogP) is 7.14. The van der Waals surface area contributed by atoms with E-state index in [4.69, 9.17) is 0 Å². The third-order valence-electron chi connectivity index (χ3n) is 5.44. The van der Waals surface area contributed by atoms with Crippen LogP contribution >= 0.6 is 17.0 Å². The van der Waals surface area contributed by atoms with Gasteiger partial charge in [-0.25, -0.2) is 0 Å². The SMILES string of the molecule is Br.c1ccc([CH2][Sb]([CH2]c2ccccc2)([CH2]c2ccccc2)[CH2]c2ccccc2)cc1. The van der Waals surface area contributed by atoms with Gasteiger partial charge in [0.05, 0.1) is 0 Å². The summed E-state index contributed by atoms with van der Waals surface area (Å²) >= 11 is -2.58. The van der Waals surface area contributed by atoms with Crippen LogP contribution in [0.5, 0.6) is 0 Å². The number of rotatable bonds is 8.